The van der Waals surface area contributed by atoms with Crippen molar-refractivity contribution in [1.82, 2.24) is 10.2 Å². The molecule has 17 heavy (non-hydrogen) atoms. The maximum atomic E-state index is 12.0. The van der Waals surface area contributed by atoms with Gasteiger partial charge in [-0.15, -0.1) is 0 Å². The second-order valence-corrected chi connectivity index (χ2v) is 5.19. The molecule has 1 aromatic carbocycles. The Morgan fingerprint density at radius 1 is 1.24 bits per heavy atom. The van der Waals surface area contributed by atoms with Crippen molar-refractivity contribution in [2.24, 2.45) is 5.92 Å². The van der Waals surface area contributed by atoms with Gasteiger partial charge in [-0.05, 0) is 37.4 Å². The summed E-state index contributed by atoms with van der Waals surface area (Å²) in [6.45, 7) is 3.47. The van der Waals surface area contributed by atoms with E-state index >= 15 is 0 Å². The smallest absolute Gasteiger partial charge is 0.251 e. The van der Waals surface area contributed by atoms with Gasteiger partial charge < -0.3 is 10.2 Å². The lowest BCUT2D eigenvalue weighted by Crippen LogP contribution is -2.46. The predicted octanol–water partition coefficient (Wildman–Crippen LogP) is 1.51. The Balaban J connectivity index is 1.62. The fourth-order valence-corrected chi connectivity index (χ4v) is 3.02. The van der Waals surface area contributed by atoms with Crippen molar-refractivity contribution in [1.29, 1.82) is 0 Å². The van der Waals surface area contributed by atoms with Crippen LogP contribution >= 0.6 is 0 Å². The molecule has 2 aliphatic rings. The monoisotopic (exact) mass is 230 g/mol. The van der Waals surface area contributed by atoms with E-state index in [4.69, 9.17) is 0 Å². The van der Waals surface area contributed by atoms with E-state index in [1.807, 2.05) is 30.3 Å². The van der Waals surface area contributed by atoms with Crippen LogP contribution in [0.15, 0.2) is 30.3 Å². The fourth-order valence-electron chi connectivity index (χ4n) is 3.02. The fraction of sp³-hybridized carbons (Fsp3) is 0.500. The summed E-state index contributed by atoms with van der Waals surface area (Å²) < 4.78 is 0. The van der Waals surface area contributed by atoms with Crippen molar-refractivity contribution in [2.45, 2.75) is 18.9 Å². The van der Waals surface area contributed by atoms with E-state index in [1.54, 1.807) is 0 Å². The van der Waals surface area contributed by atoms with Gasteiger partial charge in [-0.3, -0.25) is 4.79 Å². The van der Waals surface area contributed by atoms with Gasteiger partial charge in [-0.25, -0.2) is 0 Å². The molecule has 1 N–H and O–H groups in total. The molecule has 2 heterocycles. The molecule has 0 aromatic heterocycles. The Labute approximate surface area is 102 Å². The molecule has 3 atom stereocenters. The Morgan fingerprint density at radius 3 is 2.82 bits per heavy atom. The highest BCUT2D eigenvalue weighted by molar-refractivity contribution is 5.94. The molecule has 0 radical (unpaired) electrons. The molecular weight excluding hydrogens is 212 g/mol. The van der Waals surface area contributed by atoms with Gasteiger partial charge in [0.1, 0.15) is 0 Å². The van der Waals surface area contributed by atoms with Crippen LogP contribution in [0.2, 0.25) is 0 Å². The Bertz CT molecular complexity index is 392. The van der Waals surface area contributed by atoms with E-state index in [-0.39, 0.29) is 5.91 Å². The Kier molecular flexibility index (Phi) is 2.85. The number of nitrogens with one attached hydrogen (secondary N) is 1. The maximum absolute atomic E-state index is 12.0. The first-order chi connectivity index (χ1) is 8.31. The van der Waals surface area contributed by atoms with Crippen molar-refractivity contribution in [3.05, 3.63) is 35.9 Å². The quantitative estimate of drug-likeness (QED) is 0.835. The van der Waals surface area contributed by atoms with Crippen molar-refractivity contribution in [3.63, 3.8) is 0 Å². The van der Waals surface area contributed by atoms with Gasteiger partial charge in [0.2, 0.25) is 0 Å². The number of hydrogen-bond donors (Lipinski definition) is 1. The van der Waals surface area contributed by atoms with Crippen LogP contribution in [0.25, 0.3) is 0 Å². The van der Waals surface area contributed by atoms with Crippen molar-refractivity contribution in [2.75, 3.05) is 19.6 Å². The van der Waals surface area contributed by atoms with Crippen LogP contribution < -0.4 is 5.32 Å². The number of benzene rings is 1. The first kappa shape index (κ1) is 10.8. The zero-order valence-electron chi connectivity index (χ0n) is 9.93. The van der Waals surface area contributed by atoms with Crippen LogP contribution in [0.4, 0.5) is 0 Å². The lowest BCUT2D eigenvalue weighted by atomic mass is 9.96. The first-order valence-electron chi connectivity index (χ1n) is 6.39. The zero-order valence-corrected chi connectivity index (χ0v) is 9.93. The zero-order chi connectivity index (χ0) is 11.7. The van der Waals surface area contributed by atoms with Gasteiger partial charge in [-0.1, -0.05) is 18.2 Å². The molecule has 2 aliphatic heterocycles. The summed E-state index contributed by atoms with van der Waals surface area (Å²) in [5.41, 5.74) is 0.764. The average Bonchev–Trinajstić information content (AvgIpc) is 2.70. The molecule has 3 nitrogen and oxygen atoms in total. The standard InChI is InChI=1S/C14H18N2O/c17-14(12-4-2-1-3-5-12)15-13-8-11-6-7-16(9-11)10-13/h1-5,11,13H,6-10H2,(H,15,17). The van der Waals surface area contributed by atoms with Gasteiger partial charge in [0, 0.05) is 24.7 Å². The van der Waals surface area contributed by atoms with E-state index in [9.17, 15) is 4.79 Å². The van der Waals surface area contributed by atoms with Gasteiger partial charge >= 0.3 is 0 Å². The number of rotatable bonds is 2. The largest absolute Gasteiger partial charge is 0.348 e. The Morgan fingerprint density at radius 2 is 2.06 bits per heavy atom. The molecule has 0 aliphatic carbocycles. The minimum Gasteiger partial charge on any atom is -0.348 e. The molecule has 2 bridgehead atoms. The van der Waals surface area contributed by atoms with Crippen LogP contribution in [0.5, 0.6) is 0 Å². The maximum Gasteiger partial charge on any atom is 0.251 e. The highest BCUT2D eigenvalue weighted by Crippen LogP contribution is 2.26. The third kappa shape index (κ3) is 2.34. The second kappa shape index (κ2) is 4.49. The molecule has 1 amide bonds. The van der Waals surface area contributed by atoms with E-state index in [0.717, 1.165) is 24.4 Å². The highest BCUT2D eigenvalue weighted by atomic mass is 16.1. The van der Waals surface area contributed by atoms with Gasteiger partial charge in [0.15, 0.2) is 0 Å². The van der Waals surface area contributed by atoms with Gasteiger partial charge in [0.25, 0.3) is 5.91 Å². The lowest BCUT2D eigenvalue weighted by Gasteiger charge is -2.30. The normalized spacial score (nSPS) is 31.2. The van der Waals surface area contributed by atoms with E-state index in [2.05, 4.69) is 10.2 Å². The summed E-state index contributed by atoms with van der Waals surface area (Å²) in [5.74, 6) is 0.864. The number of piperidine rings is 1. The molecule has 2 saturated heterocycles. The summed E-state index contributed by atoms with van der Waals surface area (Å²) in [7, 11) is 0. The Hall–Kier alpha value is -1.35. The van der Waals surface area contributed by atoms with Crippen LogP contribution in [-0.2, 0) is 0 Å². The van der Waals surface area contributed by atoms with Gasteiger partial charge in [0.05, 0.1) is 0 Å². The SMILES string of the molecule is O=C(NC1CC2CCN(C2)C1)c1ccccc1. The van der Waals surface area contributed by atoms with Crippen LogP contribution in [0.1, 0.15) is 23.2 Å². The summed E-state index contributed by atoms with van der Waals surface area (Å²) in [5, 5.41) is 3.16. The van der Waals surface area contributed by atoms with Crippen molar-refractivity contribution in [3.8, 4) is 0 Å². The minimum absolute atomic E-state index is 0.0677. The third-order valence-electron chi connectivity index (χ3n) is 3.84. The highest BCUT2D eigenvalue weighted by Gasteiger charge is 2.32. The summed E-state index contributed by atoms with van der Waals surface area (Å²) >= 11 is 0. The molecule has 3 unspecified atom stereocenters. The third-order valence-corrected chi connectivity index (χ3v) is 3.84. The average molecular weight is 230 g/mol. The molecule has 3 rings (SSSR count). The molecule has 0 spiro atoms. The number of hydrogen-bond acceptors (Lipinski definition) is 2. The van der Waals surface area contributed by atoms with Crippen molar-refractivity contribution < 1.29 is 4.79 Å². The number of carbonyl (C=O) groups is 1. The van der Waals surface area contributed by atoms with Crippen molar-refractivity contribution >= 4 is 5.91 Å². The number of amides is 1. The number of nitrogens with zero attached hydrogens (tertiary/aromatic N) is 1. The van der Waals surface area contributed by atoms with Gasteiger partial charge in [-0.2, -0.15) is 0 Å². The summed E-state index contributed by atoms with van der Waals surface area (Å²) in [6.07, 6.45) is 2.45. The lowest BCUT2D eigenvalue weighted by molar-refractivity contribution is 0.0909. The predicted molar refractivity (Wildman–Crippen MR) is 66.9 cm³/mol. The van der Waals surface area contributed by atoms with Crippen LogP contribution in [0, 0.1) is 5.92 Å². The molecule has 0 saturated carbocycles. The molecule has 3 heteroatoms. The topological polar surface area (TPSA) is 32.3 Å². The van der Waals surface area contributed by atoms with E-state index in [1.165, 1.54) is 19.5 Å². The minimum atomic E-state index is 0.0677. The number of fused-ring (bicyclic) bond motifs is 2. The van der Waals surface area contributed by atoms with E-state index in [0.29, 0.717) is 6.04 Å². The molecule has 2 fully saturated rings. The first-order valence-corrected chi connectivity index (χ1v) is 6.39. The van der Waals surface area contributed by atoms with Crippen LogP contribution in [-0.4, -0.2) is 36.5 Å². The van der Waals surface area contributed by atoms with E-state index < -0.39 is 0 Å². The summed E-state index contributed by atoms with van der Waals surface area (Å²) in [4.78, 5) is 14.5. The second-order valence-electron chi connectivity index (χ2n) is 5.19. The summed E-state index contributed by atoms with van der Waals surface area (Å²) in [6, 6.07) is 9.82. The molecule has 90 valence electrons. The molecular formula is C14H18N2O. The van der Waals surface area contributed by atoms with Crippen LogP contribution in [0.3, 0.4) is 0 Å². The molecule has 1 aromatic rings. The number of carbonyl (C=O) groups excluding carboxylic acids is 1.